The van der Waals surface area contributed by atoms with Crippen LogP contribution in [-0.2, 0) is 0 Å². The zero-order chi connectivity index (χ0) is 29.3. The van der Waals surface area contributed by atoms with Crippen LogP contribution in [0.15, 0.2) is 34.9 Å². The van der Waals surface area contributed by atoms with Crippen LogP contribution in [0.3, 0.4) is 0 Å². The molecule has 2 saturated heterocycles. The third-order valence-electron chi connectivity index (χ3n) is 8.32. The Morgan fingerprint density at radius 2 is 1.83 bits per heavy atom. The molecule has 0 bridgehead atoms. The summed E-state index contributed by atoms with van der Waals surface area (Å²) in [6, 6.07) is 7.45. The van der Waals surface area contributed by atoms with Crippen LogP contribution in [0.25, 0.3) is 11.6 Å². The van der Waals surface area contributed by atoms with E-state index < -0.39 is 6.36 Å². The molecule has 2 N–H and O–H groups in total. The maximum Gasteiger partial charge on any atom is 0.573 e. The SMILES string of the molecule is CC[C@H]1CN(c2ncc(-c3nnc(N)o3)nc2C)[C@H](C)CN1C1CCN([C@H](C)c2ccc(OC(F)(F)F)cc2)CC1. The van der Waals surface area contributed by atoms with Crippen molar-refractivity contribution in [3.8, 4) is 17.3 Å². The zero-order valence-electron chi connectivity index (χ0n) is 23.8. The number of hydrogen-bond acceptors (Lipinski definition) is 10. The number of halogens is 3. The number of alkyl halides is 3. The highest BCUT2D eigenvalue weighted by Gasteiger charge is 2.38. The highest BCUT2D eigenvalue weighted by molar-refractivity contribution is 5.52. The number of nitrogens with zero attached hydrogens (tertiary/aromatic N) is 7. The molecule has 10 nitrogen and oxygen atoms in total. The molecule has 222 valence electrons. The van der Waals surface area contributed by atoms with Crippen molar-refractivity contribution < 1.29 is 22.3 Å². The van der Waals surface area contributed by atoms with Gasteiger partial charge < -0.3 is 19.8 Å². The van der Waals surface area contributed by atoms with Gasteiger partial charge in [0.05, 0.1) is 11.9 Å². The molecule has 13 heteroatoms. The highest BCUT2D eigenvalue weighted by Crippen LogP contribution is 2.33. The van der Waals surface area contributed by atoms with Crippen LogP contribution in [0.2, 0.25) is 0 Å². The van der Waals surface area contributed by atoms with Crippen LogP contribution < -0.4 is 15.4 Å². The van der Waals surface area contributed by atoms with E-state index in [2.05, 4.69) is 55.4 Å². The number of ether oxygens (including phenoxy) is 1. The minimum Gasteiger partial charge on any atom is -0.406 e. The number of nitrogen functional groups attached to an aromatic ring is 1. The van der Waals surface area contributed by atoms with Crippen molar-refractivity contribution >= 4 is 11.8 Å². The van der Waals surface area contributed by atoms with Crippen LogP contribution in [-0.4, -0.2) is 80.6 Å². The molecule has 2 aliphatic rings. The summed E-state index contributed by atoms with van der Waals surface area (Å²) in [5.41, 5.74) is 7.84. The van der Waals surface area contributed by atoms with Crippen LogP contribution >= 0.6 is 0 Å². The summed E-state index contributed by atoms with van der Waals surface area (Å²) in [5.74, 6) is 0.921. The predicted octanol–water partition coefficient (Wildman–Crippen LogP) is 4.83. The lowest BCUT2D eigenvalue weighted by molar-refractivity contribution is -0.274. The molecule has 4 heterocycles. The first-order chi connectivity index (χ1) is 19.5. The van der Waals surface area contributed by atoms with E-state index in [9.17, 15) is 13.2 Å². The van der Waals surface area contributed by atoms with E-state index in [1.807, 2.05) is 6.92 Å². The number of anilines is 2. The maximum atomic E-state index is 12.5. The van der Waals surface area contributed by atoms with Crippen molar-refractivity contribution in [1.82, 2.24) is 30.0 Å². The molecule has 0 radical (unpaired) electrons. The third-order valence-corrected chi connectivity index (χ3v) is 8.32. The van der Waals surface area contributed by atoms with Crippen LogP contribution in [0, 0.1) is 6.92 Å². The lowest BCUT2D eigenvalue weighted by Gasteiger charge is -2.51. The molecule has 0 saturated carbocycles. The van der Waals surface area contributed by atoms with E-state index >= 15 is 0 Å². The molecule has 0 spiro atoms. The Hall–Kier alpha value is -3.45. The summed E-state index contributed by atoms with van der Waals surface area (Å²) in [4.78, 5) is 16.8. The summed E-state index contributed by atoms with van der Waals surface area (Å²) in [7, 11) is 0. The molecule has 3 aromatic rings. The Balaban J connectivity index is 1.20. The number of piperidine rings is 1. The molecule has 0 unspecified atom stereocenters. The van der Waals surface area contributed by atoms with Crippen molar-refractivity contribution in [3.63, 3.8) is 0 Å². The number of benzene rings is 1. The number of piperazine rings is 1. The molecule has 2 aliphatic heterocycles. The lowest BCUT2D eigenvalue weighted by atomic mass is 9.94. The summed E-state index contributed by atoms with van der Waals surface area (Å²) in [5, 5.41) is 7.61. The van der Waals surface area contributed by atoms with Gasteiger partial charge in [-0.25, -0.2) is 9.97 Å². The van der Waals surface area contributed by atoms with E-state index in [4.69, 9.17) is 15.1 Å². The fourth-order valence-corrected chi connectivity index (χ4v) is 6.13. The summed E-state index contributed by atoms with van der Waals surface area (Å²) in [6.45, 7) is 12.2. The topological polar surface area (TPSA) is 110 Å². The minimum atomic E-state index is -4.68. The molecule has 41 heavy (non-hydrogen) atoms. The standard InChI is InChI=1S/C28H37F3N8O2/c1-5-21-16-38(25-18(3)34-24(14-33-25)26-35-36-27(32)40-26)17(2)15-39(21)22-10-12-37(13-11-22)19(4)20-6-8-23(9-7-20)41-28(29,30)31/h6-9,14,17,19,21-22H,5,10-13,15-16H2,1-4H3,(H2,32,36)/t17-,19-,21+/m1/s1. The second kappa shape index (κ2) is 11.8. The molecule has 1 aromatic carbocycles. The van der Waals surface area contributed by atoms with Gasteiger partial charge in [0.25, 0.3) is 5.89 Å². The maximum absolute atomic E-state index is 12.5. The molecule has 3 atom stereocenters. The third kappa shape index (κ3) is 6.56. The number of hydrogen-bond donors (Lipinski definition) is 1. The minimum absolute atomic E-state index is 0.00651. The van der Waals surface area contributed by atoms with Gasteiger partial charge in [-0.1, -0.05) is 24.2 Å². The molecule has 0 amide bonds. The Kier molecular flexibility index (Phi) is 8.37. The van der Waals surface area contributed by atoms with E-state index in [1.54, 1.807) is 18.3 Å². The van der Waals surface area contributed by atoms with Gasteiger partial charge in [-0.3, -0.25) is 9.80 Å². The Labute approximate surface area is 237 Å². The zero-order valence-corrected chi connectivity index (χ0v) is 23.8. The van der Waals surface area contributed by atoms with E-state index in [1.165, 1.54) is 12.1 Å². The first-order valence-corrected chi connectivity index (χ1v) is 14.1. The number of aromatic nitrogens is 4. The van der Waals surface area contributed by atoms with E-state index in [0.717, 1.165) is 62.5 Å². The number of likely N-dealkylation sites (tertiary alicyclic amines) is 1. The molecule has 2 fully saturated rings. The lowest BCUT2D eigenvalue weighted by Crippen LogP contribution is -2.61. The fourth-order valence-electron chi connectivity index (χ4n) is 6.13. The first-order valence-electron chi connectivity index (χ1n) is 14.1. The monoisotopic (exact) mass is 574 g/mol. The van der Waals surface area contributed by atoms with Gasteiger partial charge in [-0.15, -0.1) is 18.3 Å². The average Bonchev–Trinajstić information content (AvgIpc) is 3.38. The second-order valence-electron chi connectivity index (χ2n) is 10.9. The highest BCUT2D eigenvalue weighted by atomic mass is 19.4. The molecule has 0 aliphatic carbocycles. The van der Waals surface area contributed by atoms with Crippen LogP contribution in [0.4, 0.5) is 25.0 Å². The van der Waals surface area contributed by atoms with Crippen molar-refractivity contribution in [2.24, 2.45) is 0 Å². The van der Waals surface area contributed by atoms with Crippen molar-refractivity contribution in [2.75, 3.05) is 36.8 Å². The largest absolute Gasteiger partial charge is 0.573 e. The Bertz CT molecular complexity index is 1310. The van der Waals surface area contributed by atoms with Gasteiger partial charge in [0.1, 0.15) is 17.3 Å². The van der Waals surface area contributed by atoms with Gasteiger partial charge in [-0.2, -0.15) is 0 Å². The molecule has 2 aromatic heterocycles. The molecular formula is C28H37F3N8O2. The van der Waals surface area contributed by atoms with Crippen LogP contribution in [0.5, 0.6) is 5.75 Å². The van der Waals surface area contributed by atoms with Crippen molar-refractivity contribution in [2.45, 2.75) is 77.5 Å². The normalized spacial score (nSPS) is 22.2. The fraction of sp³-hybridized carbons (Fsp3) is 0.571. The smallest absolute Gasteiger partial charge is 0.406 e. The summed E-state index contributed by atoms with van der Waals surface area (Å²) < 4.78 is 46.8. The molecule has 5 rings (SSSR count). The van der Waals surface area contributed by atoms with Gasteiger partial charge in [0.2, 0.25) is 0 Å². The predicted molar refractivity (Wildman–Crippen MR) is 148 cm³/mol. The average molecular weight is 575 g/mol. The van der Waals surface area contributed by atoms with Crippen molar-refractivity contribution in [1.29, 1.82) is 0 Å². The first kappa shape index (κ1) is 29.1. The quantitative estimate of drug-likeness (QED) is 0.421. The summed E-state index contributed by atoms with van der Waals surface area (Å²) >= 11 is 0. The van der Waals surface area contributed by atoms with Crippen LogP contribution in [0.1, 0.15) is 57.3 Å². The van der Waals surface area contributed by atoms with Gasteiger partial charge in [0, 0.05) is 50.3 Å². The molecular weight excluding hydrogens is 537 g/mol. The number of rotatable bonds is 7. The Morgan fingerprint density at radius 3 is 2.41 bits per heavy atom. The number of aryl methyl sites for hydroxylation is 1. The van der Waals surface area contributed by atoms with Gasteiger partial charge >= 0.3 is 12.4 Å². The van der Waals surface area contributed by atoms with Gasteiger partial charge in [-0.05, 0) is 57.7 Å². The number of nitrogens with two attached hydrogens (primary N) is 1. The van der Waals surface area contributed by atoms with E-state index in [-0.39, 0.29) is 29.7 Å². The Morgan fingerprint density at radius 1 is 1.12 bits per heavy atom. The summed E-state index contributed by atoms with van der Waals surface area (Å²) in [6.07, 6.45) is 0.0884. The van der Waals surface area contributed by atoms with Crippen molar-refractivity contribution in [3.05, 3.63) is 41.7 Å². The van der Waals surface area contributed by atoms with Gasteiger partial charge in [0.15, 0.2) is 0 Å². The van der Waals surface area contributed by atoms with E-state index in [0.29, 0.717) is 17.8 Å². The second-order valence-corrected chi connectivity index (χ2v) is 10.9.